The third-order valence-corrected chi connectivity index (χ3v) is 6.41. The van der Waals surface area contributed by atoms with E-state index in [1.165, 1.54) is 11.1 Å². The number of rotatable bonds is 6. The quantitative estimate of drug-likeness (QED) is 0.459. The Morgan fingerprint density at radius 3 is 2.71 bits per heavy atom. The molecule has 2 aliphatic heterocycles. The predicted octanol–water partition coefficient (Wildman–Crippen LogP) is 5.83. The van der Waals surface area contributed by atoms with Gasteiger partial charge in [0.05, 0.1) is 18.0 Å². The van der Waals surface area contributed by atoms with Crippen LogP contribution in [-0.2, 0) is 0 Å². The van der Waals surface area contributed by atoms with Gasteiger partial charge in [-0.05, 0) is 94.1 Å². The van der Waals surface area contributed by atoms with Gasteiger partial charge in [-0.25, -0.2) is 9.97 Å². The summed E-state index contributed by atoms with van der Waals surface area (Å²) in [6.45, 7) is 8.53. The summed E-state index contributed by atoms with van der Waals surface area (Å²) in [5.74, 6) is 3.79. The molecule has 1 saturated heterocycles. The Hall–Kier alpha value is -3.03. The molecular formula is C26H29ClN4O3. The summed E-state index contributed by atoms with van der Waals surface area (Å²) in [4.78, 5) is 9.13. The second kappa shape index (κ2) is 9.68. The first-order valence-electron chi connectivity index (χ1n) is 11.7. The van der Waals surface area contributed by atoms with Gasteiger partial charge in [0, 0.05) is 5.56 Å². The number of hydrogen-bond acceptors (Lipinski definition) is 7. The molecular weight excluding hydrogens is 452 g/mol. The molecule has 0 unspecified atom stereocenters. The molecule has 2 aromatic carbocycles. The number of ether oxygens (including phenoxy) is 3. The van der Waals surface area contributed by atoms with Crippen molar-refractivity contribution in [1.29, 1.82) is 0 Å². The van der Waals surface area contributed by atoms with E-state index in [9.17, 15) is 0 Å². The Labute approximate surface area is 204 Å². The topological polar surface area (TPSA) is 77.5 Å². The maximum Gasteiger partial charge on any atom is 0.231 e. The smallest absolute Gasteiger partial charge is 0.231 e. The Morgan fingerprint density at radius 2 is 1.91 bits per heavy atom. The Kier molecular flexibility index (Phi) is 6.48. The Morgan fingerprint density at radius 1 is 1.12 bits per heavy atom. The molecule has 3 aromatic rings. The van der Waals surface area contributed by atoms with E-state index in [1.807, 2.05) is 32.0 Å². The number of fused-ring (bicyclic) bond motifs is 1. The molecule has 0 atom stereocenters. The van der Waals surface area contributed by atoms with Gasteiger partial charge in [0.25, 0.3) is 0 Å². The highest BCUT2D eigenvalue weighted by atomic mass is 35.5. The molecule has 1 aromatic heterocycles. The van der Waals surface area contributed by atoms with Gasteiger partial charge in [-0.2, -0.15) is 0 Å². The van der Waals surface area contributed by atoms with E-state index < -0.39 is 0 Å². The highest BCUT2D eigenvalue weighted by molar-refractivity contribution is 6.33. The predicted molar refractivity (Wildman–Crippen MR) is 134 cm³/mol. The molecule has 2 aliphatic rings. The second-order valence-corrected chi connectivity index (χ2v) is 9.39. The number of halogens is 1. The van der Waals surface area contributed by atoms with Crippen molar-refractivity contribution in [3.63, 3.8) is 0 Å². The van der Waals surface area contributed by atoms with Gasteiger partial charge in [-0.1, -0.05) is 11.6 Å². The van der Waals surface area contributed by atoms with Crippen molar-refractivity contribution in [3.05, 3.63) is 52.7 Å². The van der Waals surface area contributed by atoms with Crippen molar-refractivity contribution >= 4 is 23.1 Å². The fourth-order valence-corrected chi connectivity index (χ4v) is 4.62. The molecule has 7 nitrogen and oxygen atoms in total. The minimum Gasteiger partial charge on any atom is -0.489 e. The maximum absolute atomic E-state index is 6.50. The third kappa shape index (κ3) is 4.76. The number of nitrogens with one attached hydrogen (secondary N) is 2. The minimum atomic E-state index is 0.0363. The lowest BCUT2D eigenvalue weighted by molar-refractivity contribution is 0.174. The van der Waals surface area contributed by atoms with E-state index in [0.717, 1.165) is 48.7 Å². The van der Waals surface area contributed by atoms with Crippen LogP contribution in [0.25, 0.3) is 11.4 Å². The van der Waals surface area contributed by atoms with Crippen LogP contribution in [0.3, 0.4) is 0 Å². The van der Waals surface area contributed by atoms with E-state index >= 15 is 0 Å². The second-order valence-electron chi connectivity index (χ2n) is 8.98. The average Bonchev–Trinajstić information content (AvgIpc) is 3.30. The van der Waals surface area contributed by atoms with Crippen molar-refractivity contribution in [2.45, 2.75) is 45.6 Å². The molecule has 5 rings (SSSR count). The number of hydrogen-bond donors (Lipinski definition) is 2. The van der Waals surface area contributed by atoms with Crippen LogP contribution in [0.5, 0.6) is 17.2 Å². The van der Waals surface area contributed by atoms with E-state index in [-0.39, 0.29) is 12.9 Å². The standard InChI is InChI=1S/C26H29ClN4O3/c1-15(2)34-23-12-19(17-6-8-28-9-7-17)16(3)10-21(23)30-26-20(27)13-29-25(31-26)18-4-5-22-24(11-18)33-14-32-22/h4-5,10-13,15,17,28H,6-9,14H2,1-3H3,(H,29,30,31). The summed E-state index contributed by atoms with van der Waals surface area (Å²) in [5.41, 5.74) is 4.23. The fourth-order valence-electron chi connectivity index (χ4n) is 4.48. The highest BCUT2D eigenvalue weighted by Crippen LogP contribution is 2.39. The van der Waals surface area contributed by atoms with Gasteiger partial charge in [-0.15, -0.1) is 0 Å². The van der Waals surface area contributed by atoms with E-state index in [0.29, 0.717) is 28.3 Å². The molecule has 0 spiro atoms. The van der Waals surface area contributed by atoms with Crippen LogP contribution >= 0.6 is 11.6 Å². The molecule has 8 heteroatoms. The summed E-state index contributed by atoms with van der Waals surface area (Å²) in [7, 11) is 0. The van der Waals surface area contributed by atoms with Gasteiger partial charge < -0.3 is 24.8 Å². The first-order valence-corrected chi connectivity index (χ1v) is 12.1. The molecule has 0 aliphatic carbocycles. The lowest BCUT2D eigenvalue weighted by atomic mass is 9.87. The van der Waals surface area contributed by atoms with Crippen LogP contribution in [-0.4, -0.2) is 36.0 Å². The molecule has 0 radical (unpaired) electrons. The SMILES string of the molecule is Cc1cc(Nc2nc(-c3ccc4c(c3)OCO4)ncc2Cl)c(OC(C)C)cc1C1CCNCC1. The van der Waals surface area contributed by atoms with Gasteiger partial charge >= 0.3 is 0 Å². The summed E-state index contributed by atoms with van der Waals surface area (Å²) in [5, 5.41) is 7.28. The number of aromatic nitrogens is 2. The molecule has 1 fully saturated rings. The molecule has 0 amide bonds. The lowest BCUT2D eigenvalue weighted by Crippen LogP contribution is -2.27. The number of benzene rings is 2. The van der Waals surface area contributed by atoms with Crippen molar-refractivity contribution in [3.8, 4) is 28.6 Å². The van der Waals surface area contributed by atoms with E-state index in [1.54, 1.807) is 6.20 Å². The van der Waals surface area contributed by atoms with Crippen LogP contribution in [0.1, 0.15) is 43.7 Å². The van der Waals surface area contributed by atoms with Crippen molar-refractivity contribution in [1.82, 2.24) is 15.3 Å². The van der Waals surface area contributed by atoms with Gasteiger partial charge in [0.2, 0.25) is 6.79 Å². The third-order valence-electron chi connectivity index (χ3n) is 6.14. The fraction of sp³-hybridized carbons (Fsp3) is 0.385. The molecule has 178 valence electrons. The summed E-state index contributed by atoms with van der Waals surface area (Å²) in [6, 6.07) is 9.96. The zero-order chi connectivity index (χ0) is 23.7. The van der Waals surface area contributed by atoms with Crippen LogP contribution in [0.4, 0.5) is 11.5 Å². The lowest BCUT2D eigenvalue weighted by Gasteiger charge is -2.26. The Balaban J connectivity index is 1.48. The first-order chi connectivity index (χ1) is 16.5. The number of aryl methyl sites for hydroxylation is 1. The normalized spacial score (nSPS) is 15.6. The first kappa shape index (κ1) is 22.7. The summed E-state index contributed by atoms with van der Waals surface area (Å²) < 4.78 is 17.1. The summed E-state index contributed by atoms with van der Waals surface area (Å²) in [6.07, 6.45) is 3.90. The van der Waals surface area contributed by atoms with Gasteiger partial charge in [0.15, 0.2) is 23.1 Å². The van der Waals surface area contributed by atoms with E-state index in [2.05, 4.69) is 34.7 Å². The van der Waals surface area contributed by atoms with Crippen molar-refractivity contribution in [2.24, 2.45) is 0 Å². The summed E-state index contributed by atoms with van der Waals surface area (Å²) >= 11 is 6.50. The van der Waals surface area contributed by atoms with Crippen LogP contribution in [0.15, 0.2) is 36.5 Å². The van der Waals surface area contributed by atoms with Crippen LogP contribution < -0.4 is 24.8 Å². The van der Waals surface area contributed by atoms with E-state index in [4.69, 9.17) is 30.8 Å². The zero-order valence-corrected chi connectivity index (χ0v) is 20.4. The highest BCUT2D eigenvalue weighted by Gasteiger charge is 2.21. The maximum atomic E-state index is 6.50. The zero-order valence-electron chi connectivity index (χ0n) is 19.7. The molecule has 3 heterocycles. The number of piperidine rings is 1. The molecule has 0 saturated carbocycles. The largest absolute Gasteiger partial charge is 0.489 e. The molecule has 0 bridgehead atoms. The monoisotopic (exact) mass is 480 g/mol. The average molecular weight is 481 g/mol. The number of anilines is 2. The number of nitrogens with zero attached hydrogens (tertiary/aromatic N) is 2. The molecule has 2 N–H and O–H groups in total. The van der Waals surface area contributed by atoms with Crippen molar-refractivity contribution in [2.75, 3.05) is 25.2 Å². The van der Waals surface area contributed by atoms with Gasteiger partial charge in [-0.3, -0.25) is 0 Å². The minimum absolute atomic E-state index is 0.0363. The molecule has 34 heavy (non-hydrogen) atoms. The van der Waals surface area contributed by atoms with Gasteiger partial charge in [0.1, 0.15) is 10.8 Å². The van der Waals surface area contributed by atoms with Crippen LogP contribution in [0, 0.1) is 6.92 Å². The van der Waals surface area contributed by atoms with Crippen LogP contribution in [0.2, 0.25) is 5.02 Å². The van der Waals surface area contributed by atoms with Crippen molar-refractivity contribution < 1.29 is 14.2 Å². The Bertz CT molecular complexity index is 1190.